The first-order valence-electron chi connectivity index (χ1n) is 4.69. The molecule has 0 bridgehead atoms. The standard InChI is InChI=1S/C9H14IN3O2S/c1-9(2,3)15-8(14)13-12-5-7-11-4-6(10)16-7/h4,12H,5H2,1-3H3,(H,13,14). The summed E-state index contributed by atoms with van der Waals surface area (Å²) in [5.74, 6) is 0. The van der Waals surface area contributed by atoms with Crippen molar-refractivity contribution in [1.29, 1.82) is 0 Å². The van der Waals surface area contributed by atoms with E-state index in [9.17, 15) is 4.79 Å². The summed E-state index contributed by atoms with van der Waals surface area (Å²) < 4.78 is 6.17. The van der Waals surface area contributed by atoms with E-state index in [1.165, 1.54) is 0 Å². The van der Waals surface area contributed by atoms with E-state index in [1.54, 1.807) is 17.5 Å². The van der Waals surface area contributed by atoms with Gasteiger partial charge in [-0.15, -0.1) is 11.3 Å². The molecule has 1 heterocycles. The molecule has 0 aliphatic rings. The van der Waals surface area contributed by atoms with Gasteiger partial charge < -0.3 is 4.74 Å². The van der Waals surface area contributed by atoms with Crippen molar-refractivity contribution in [1.82, 2.24) is 15.8 Å². The van der Waals surface area contributed by atoms with Gasteiger partial charge in [0.1, 0.15) is 10.6 Å². The Balaban J connectivity index is 2.23. The zero-order valence-corrected chi connectivity index (χ0v) is 12.3. The molecular weight excluding hydrogens is 341 g/mol. The van der Waals surface area contributed by atoms with E-state index >= 15 is 0 Å². The largest absolute Gasteiger partial charge is 0.443 e. The first kappa shape index (κ1) is 13.7. The van der Waals surface area contributed by atoms with Crippen LogP contribution in [0.4, 0.5) is 4.79 Å². The van der Waals surface area contributed by atoms with Crippen molar-refractivity contribution in [2.45, 2.75) is 32.9 Å². The summed E-state index contributed by atoms with van der Waals surface area (Å²) in [4.78, 5) is 15.4. The second-order valence-electron chi connectivity index (χ2n) is 4.04. The predicted octanol–water partition coefficient (Wildman–Crippen LogP) is 2.28. The molecule has 0 saturated carbocycles. The fraction of sp³-hybridized carbons (Fsp3) is 0.556. The number of hydrazine groups is 1. The van der Waals surface area contributed by atoms with Crippen molar-refractivity contribution >= 4 is 40.0 Å². The predicted molar refractivity (Wildman–Crippen MR) is 71.0 cm³/mol. The molecule has 7 heteroatoms. The van der Waals surface area contributed by atoms with Gasteiger partial charge in [-0.25, -0.2) is 15.2 Å². The van der Waals surface area contributed by atoms with Gasteiger partial charge in [-0.2, -0.15) is 0 Å². The number of hydrogen-bond acceptors (Lipinski definition) is 5. The lowest BCUT2D eigenvalue weighted by Crippen LogP contribution is -2.40. The van der Waals surface area contributed by atoms with E-state index in [4.69, 9.17) is 4.74 Å². The van der Waals surface area contributed by atoms with Crippen molar-refractivity contribution in [2.24, 2.45) is 0 Å². The normalized spacial score (nSPS) is 11.2. The highest BCUT2D eigenvalue weighted by Crippen LogP contribution is 2.14. The molecule has 90 valence electrons. The highest BCUT2D eigenvalue weighted by Gasteiger charge is 2.15. The van der Waals surface area contributed by atoms with E-state index in [0.717, 1.165) is 7.89 Å². The van der Waals surface area contributed by atoms with Crippen LogP contribution in [0.5, 0.6) is 0 Å². The minimum Gasteiger partial charge on any atom is -0.443 e. The third-order valence-corrected chi connectivity index (χ3v) is 3.08. The van der Waals surface area contributed by atoms with Crippen molar-refractivity contribution in [3.63, 3.8) is 0 Å². The number of thiazole rings is 1. The lowest BCUT2D eigenvalue weighted by Gasteiger charge is -2.19. The maximum Gasteiger partial charge on any atom is 0.422 e. The van der Waals surface area contributed by atoms with Crippen molar-refractivity contribution in [2.75, 3.05) is 0 Å². The van der Waals surface area contributed by atoms with Crippen LogP contribution in [0, 0.1) is 2.88 Å². The van der Waals surface area contributed by atoms with Crippen LogP contribution in [0.1, 0.15) is 25.8 Å². The molecule has 0 spiro atoms. The van der Waals surface area contributed by atoms with Crippen LogP contribution in [-0.4, -0.2) is 16.7 Å². The lowest BCUT2D eigenvalue weighted by atomic mass is 10.2. The highest BCUT2D eigenvalue weighted by molar-refractivity contribution is 14.1. The summed E-state index contributed by atoms with van der Waals surface area (Å²) in [7, 11) is 0. The molecule has 2 N–H and O–H groups in total. The maximum atomic E-state index is 11.2. The lowest BCUT2D eigenvalue weighted by molar-refractivity contribution is 0.0497. The molecule has 16 heavy (non-hydrogen) atoms. The number of amides is 1. The molecule has 1 aromatic rings. The van der Waals surface area contributed by atoms with E-state index in [2.05, 4.69) is 38.4 Å². The molecule has 0 unspecified atom stereocenters. The monoisotopic (exact) mass is 355 g/mol. The molecule has 1 aromatic heterocycles. The fourth-order valence-electron chi connectivity index (χ4n) is 0.865. The van der Waals surface area contributed by atoms with Crippen LogP contribution < -0.4 is 10.9 Å². The van der Waals surface area contributed by atoms with Gasteiger partial charge in [-0.05, 0) is 43.4 Å². The maximum absolute atomic E-state index is 11.2. The Kier molecular flexibility index (Phi) is 4.93. The van der Waals surface area contributed by atoms with Crippen molar-refractivity contribution in [3.8, 4) is 0 Å². The number of nitrogens with zero attached hydrogens (tertiary/aromatic N) is 1. The Morgan fingerprint density at radius 3 is 2.81 bits per heavy atom. The van der Waals surface area contributed by atoms with Gasteiger partial charge in [0, 0.05) is 0 Å². The molecule has 5 nitrogen and oxygen atoms in total. The molecule has 0 fully saturated rings. The summed E-state index contributed by atoms with van der Waals surface area (Å²) >= 11 is 3.77. The average Bonchev–Trinajstić information content (AvgIpc) is 2.48. The van der Waals surface area contributed by atoms with Gasteiger partial charge in [0.05, 0.1) is 15.6 Å². The number of aromatic nitrogens is 1. The smallest absolute Gasteiger partial charge is 0.422 e. The first-order valence-corrected chi connectivity index (χ1v) is 6.58. The topological polar surface area (TPSA) is 63.2 Å². The molecule has 0 radical (unpaired) electrons. The fourth-order valence-corrected chi connectivity index (χ4v) is 2.35. The number of carbonyl (C=O) groups is 1. The number of halogens is 1. The van der Waals surface area contributed by atoms with Gasteiger partial charge in [-0.3, -0.25) is 5.43 Å². The molecule has 0 saturated heterocycles. The Hall–Kier alpha value is -0.410. The second-order valence-corrected chi connectivity index (χ2v) is 7.05. The zero-order chi connectivity index (χ0) is 12.2. The molecule has 1 rings (SSSR count). The molecule has 0 aliphatic carbocycles. The number of nitrogens with one attached hydrogen (secondary N) is 2. The Morgan fingerprint density at radius 2 is 2.31 bits per heavy atom. The minimum absolute atomic E-state index is 0.484. The van der Waals surface area contributed by atoms with Crippen LogP contribution in [0.2, 0.25) is 0 Å². The molecule has 1 amide bonds. The van der Waals surface area contributed by atoms with E-state index in [-0.39, 0.29) is 0 Å². The highest BCUT2D eigenvalue weighted by atomic mass is 127. The SMILES string of the molecule is CC(C)(C)OC(=O)NNCc1ncc(I)s1. The van der Waals surface area contributed by atoms with Gasteiger partial charge in [0.15, 0.2) is 0 Å². The van der Waals surface area contributed by atoms with Crippen LogP contribution in [-0.2, 0) is 11.3 Å². The van der Waals surface area contributed by atoms with Gasteiger partial charge in [-0.1, -0.05) is 0 Å². The zero-order valence-electron chi connectivity index (χ0n) is 9.33. The van der Waals surface area contributed by atoms with Crippen molar-refractivity contribution in [3.05, 3.63) is 14.1 Å². The number of hydrogen-bond donors (Lipinski definition) is 2. The van der Waals surface area contributed by atoms with Crippen LogP contribution >= 0.6 is 33.9 Å². The first-order chi connectivity index (χ1) is 7.37. The molecule has 0 aromatic carbocycles. The minimum atomic E-state index is -0.487. The summed E-state index contributed by atoms with van der Waals surface area (Å²) in [5.41, 5.74) is 4.72. The second kappa shape index (κ2) is 5.78. The summed E-state index contributed by atoms with van der Waals surface area (Å²) in [5, 5.41) is 0.917. The number of ether oxygens (including phenoxy) is 1. The van der Waals surface area contributed by atoms with Crippen LogP contribution in [0.15, 0.2) is 6.20 Å². The summed E-state index contributed by atoms with van der Waals surface area (Å²) in [6, 6.07) is 0. The Bertz CT molecular complexity index is 362. The quantitative estimate of drug-likeness (QED) is 0.645. The average molecular weight is 355 g/mol. The van der Waals surface area contributed by atoms with Gasteiger partial charge in [0.25, 0.3) is 0 Å². The van der Waals surface area contributed by atoms with Crippen molar-refractivity contribution < 1.29 is 9.53 Å². The third-order valence-electron chi connectivity index (χ3n) is 1.35. The Morgan fingerprint density at radius 1 is 1.62 bits per heavy atom. The molecule has 0 aliphatic heterocycles. The van der Waals surface area contributed by atoms with Crippen LogP contribution in [0.3, 0.4) is 0 Å². The van der Waals surface area contributed by atoms with Crippen LogP contribution in [0.25, 0.3) is 0 Å². The third kappa shape index (κ3) is 5.61. The number of carbonyl (C=O) groups excluding carboxylic acids is 1. The molecular formula is C9H14IN3O2S. The van der Waals surface area contributed by atoms with Gasteiger partial charge >= 0.3 is 6.09 Å². The summed E-state index contributed by atoms with van der Waals surface area (Å²) in [6.45, 7) is 5.94. The van der Waals surface area contributed by atoms with E-state index < -0.39 is 11.7 Å². The Labute approximate surface area is 112 Å². The van der Waals surface area contributed by atoms with E-state index in [1.807, 2.05) is 20.8 Å². The summed E-state index contributed by atoms with van der Waals surface area (Å²) in [6.07, 6.45) is 1.30. The van der Waals surface area contributed by atoms with E-state index in [0.29, 0.717) is 6.54 Å². The molecule has 0 atom stereocenters. The number of rotatable bonds is 3. The van der Waals surface area contributed by atoms with Gasteiger partial charge in [0.2, 0.25) is 0 Å².